The molecule has 6 heteroatoms. The van der Waals surface area contributed by atoms with E-state index in [1.807, 2.05) is 6.92 Å². The lowest BCUT2D eigenvalue weighted by Crippen LogP contribution is -2.53. The summed E-state index contributed by atoms with van der Waals surface area (Å²) in [6.07, 6.45) is 0.263. The lowest BCUT2D eigenvalue weighted by Gasteiger charge is -2.46. The van der Waals surface area contributed by atoms with E-state index in [0.717, 1.165) is 18.4 Å². The number of ketones is 1. The zero-order valence-corrected chi connectivity index (χ0v) is 13.2. The van der Waals surface area contributed by atoms with E-state index in [9.17, 15) is 14.4 Å². The number of fused-ring (bicyclic) bond motifs is 1. The van der Waals surface area contributed by atoms with E-state index in [-0.39, 0.29) is 5.78 Å². The summed E-state index contributed by atoms with van der Waals surface area (Å²) in [6, 6.07) is 0. The molecule has 0 radical (unpaired) electrons. The molecular weight excluding hydrogens is 288 g/mol. The van der Waals surface area contributed by atoms with Gasteiger partial charge >= 0.3 is 11.9 Å². The van der Waals surface area contributed by atoms with Crippen molar-refractivity contribution in [2.45, 2.75) is 59.0 Å². The maximum Gasteiger partial charge on any atom is 0.304 e. The van der Waals surface area contributed by atoms with Crippen molar-refractivity contribution in [3.63, 3.8) is 0 Å². The third kappa shape index (κ3) is 3.21. The Bertz CT molecular complexity index is 511. The van der Waals surface area contributed by atoms with Gasteiger partial charge in [0, 0.05) is 32.1 Å². The fourth-order valence-corrected chi connectivity index (χ4v) is 3.35. The summed E-state index contributed by atoms with van der Waals surface area (Å²) in [5.41, 5.74) is 0.285. The molecule has 2 fully saturated rings. The molecule has 0 amide bonds. The molecule has 1 aliphatic heterocycles. The van der Waals surface area contributed by atoms with Crippen LogP contribution >= 0.6 is 0 Å². The van der Waals surface area contributed by atoms with Gasteiger partial charge in [0.05, 0.1) is 5.92 Å². The molecule has 4 atom stereocenters. The van der Waals surface area contributed by atoms with E-state index in [1.54, 1.807) is 0 Å². The largest absolute Gasteiger partial charge is 0.436 e. The minimum atomic E-state index is -1.05. The molecule has 1 heterocycles. The normalized spacial score (nSPS) is 35.3. The third-order valence-electron chi connectivity index (χ3n) is 4.47. The first-order valence-electron chi connectivity index (χ1n) is 7.45. The summed E-state index contributed by atoms with van der Waals surface area (Å²) in [7, 11) is 0. The Morgan fingerprint density at radius 3 is 2.45 bits per heavy atom. The zero-order valence-electron chi connectivity index (χ0n) is 13.2. The SMILES string of the molecule is C=C1CCCC(=O)[C@@H]2[C@H](OC(C)=O)O[C@@H](OC(C)=O)C[C@]12C. The highest BCUT2D eigenvalue weighted by Crippen LogP contribution is 2.50. The Labute approximate surface area is 129 Å². The second-order valence-corrected chi connectivity index (χ2v) is 6.18. The summed E-state index contributed by atoms with van der Waals surface area (Å²) in [6.45, 7) is 8.54. The van der Waals surface area contributed by atoms with Gasteiger partial charge in [-0.2, -0.15) is 0 Å². The number of esters is 2. The quantitative estimate of drug-likeness (QED) is 0.574. The van der Waals surface area contributed by atoms with E-state index in [0.29, 0.717) is 12.8 Å². The average molecular weight is 310 g/mol. The van der Waals surface area contributed by atoms with Crippen LogP contribution in [0.25, 0.3) is 0 Å². The molecule has 122 valence electrons. The van der Waals surface area contributed by atoms with Crippen LogP contribution in [-0.2, 0) is 28.6 Å². The maximum absolute atomic E-state index is 12.5. The minimum Gasteiger partial charge on any atom is -0.436 e. The van der Waals surface area contributed by atoms with Gasteiger partial charge in [0.25, 0.3) is 0 Å². The van der Waals surface area contributed by atoms with Crippen molar-refractivity contribution in [1.82, 2.24) is 0 Å². The smallest absolute Gasteiger partial charge is 0.304 e. The van der Waals surface area contributed by atoms with Gasteiger partial charge in [-0.25, -0.2) is 0 Å². The molecule has 0 aromatic rings. The van der Waals surface area contributed by atoms with Crippen LogP contribution in [0.1, 0.15) is 46.5 Å². The van der Waals surface area contributed by atoms with Crippen molar-refractivity contribution in [3.05, 3.63) is 12.2 Å². The van der Waals surface area contributed by atoms with Crippen LogP contribution in [0.15, 0.2) is 12.2 Å². The summed E-state index contributed by atoms with van der Waals surface area (Å²) >= 11 is 0. The number of allylic oxidation sites excluding steroid dienone is 1. The van der Waals surface area contributed by atoms with E-state index in [1.165, 1.54) is 13.8 Å². The van der Waals surface area contributed by atoms with Gasteiger partial charge in [0.15, 0.2) is 0 Å². The predicted octanol–water partition coefficient (Wildman–Crippen LogP) is 2.12. The molecule has 0 N–H and O–H groups in total. The summed E-state index contributed by atoms with van der Waals surface area (Å²) in [4.78, 5) is 35.1. The van der Waals surface area contributed by atoms with Gasteiger partial charge < -0.3 is 14.2 Å². The van der Waals surface area contributed by atoms with Crippen LogP contribution in [0.2, 0.25) is 0 Å². The molecule has 1 saturated heterocycles. The second-order valence-electron chi connectivity index (χ2n) is 6.18. The van der Waals surface area contributed by atoms with E-state index in [2.05, 4.69) is 6.58 Å². The number of ether oxygens (including phenoxy) is 3. The first-order chi connectivity index (χ1) is 10.2. The minimum absolute atomic E-state index is 0.00586. The molecule has 0 spiro atoms. The van der Waals surface area contributed by atoms with Crippen molar-refractivity contribution in [2.75, 3.05) is 0 Å². The molecule has 22 heavy (non-hydrogen) atoms. The van der Waals surface area contributed by atoms with Crippen LogP contribution in [0.4, 0.5) is 0 Å². The van der Waals surface area contributed by atoms with Crippen molar-refractivity contribution in [3.8, 4) is 0 Å². The third-order valence-corrected chi connectivity index (χ3v) is 4.47. The highest BCUT2D eigenvalue weighted by molar-refractivity contribution is 5.83. The highest BCUT2D eigenvalue weighted by atomic mass is 16.8. The summed E-state index contributed by atoms with van der Waals surface area (Å²) < 4.78 is 15.9. The first kappa shape index (κ1) is 16.7. The average Bonchev–Trinajstić information content (AvgIpc) is 2.45. The Hall–Kier alpha value is -1.69. The maximum atomic E-state index is 12.5. The number of carbonyl (C=O) groups excluding carboxylic acids is 3. The van der Waals surface area contributed by atoms with Crippen molar-refractivity contribution >= 4 is 17.7 Å². The Morgan fingerprint density at radius 2 is 1.86 bits per heavy atom. The Kier molecular flexibility index (Phi) is 4.70. The lowest BCUT2D eigenvalue weighted by atomic mass is 9.66. The molecular formula is C16H22O6. The molecule has 0 aromatic carbocycles. The van der Waals surface area contributed by atoms with Gasteiger partial charge in [-0.1, -0.05) is 19.1 Å². The standard InChI is InChI=1S/C16H22O6/c1-9-6-5-7-12(19)14-15(21-11(3)18)22-13(20-10(2)17)8-16(9,14)4/h13-15H,1,5-8H2,2-4H3/t13-,14-,15-,16-/m1/s1. The predicted molar refractivity (Wildman–Crippen MR) is 76.4 cm³/mol. The summed E-state index contributed by atoms with van der Waals surface area (Å²) in [5, 5.41) is 0. The van der Waals surface area contributed by atoms with Gasteiger partial charge in [0.1, 0.15) is 5.78 Å². The van der Waals surface area contributed by atoms with E-state index in [4.69, 9.17) is 14.2 Å². The van der Waals surface area contributed by atoms with Crippen LogP contribution in [-0.4, -0.2) is 30.3 Å². The molecule has 0 unspecified atom stereocenters. The number of carbonyl (C=O) groups is 3. The van der Waals surface area contributed by atoms with E-state index >= 15 is 0 Å². The van der Waals surface area contributed by atoms with Crippen LogP contribution in [0.5, 0.6) is 0 Å². The number of Topliss-reactive ketones (excluding diaryl/α,β-unsaturated/α-hetero) is 1. The van der Waals surface area contributed by atoms with Gasteiger partial charge in [-0.05, 0) is 12.8 Å². The lowest BCUT2D eigenvalue weighted by molar-refractivity contribution is -0.286. The molecule has 2 aliphatic rings. The fourth-order valence-electron chi connectivity index (χ4n) is 3.35. The molecule has 2 rings (SSSR count). The number of hydrogen-bond acceptors (Lipinski definition) is 6. The Morgan fingerprint density at radius 1 is 1.23 bits per heavy atom. The Balaban J connectivity index is 2.37. The number of rotatable bonds is 2. The fraction of sp³-hybridized carbons (Fsp3) is 0.688. The van der Waals surface area contributed by atoms with Crippen molar-refractivity contribution in [1.29, 1.82) is 0 Å². The monoisotopic (exact) mass is 310 g/mol. The van der Waals surface area contributed by atoms with Crippen molar-refractivity contribution in [2.24, 2.45) is 11.3 Å². The molecule has 6 nitrogen and oxygen atoms in total. The van der Waals surface area contributed by atoms with Gasteiger partial charge in [-0.3, -0.25) is 14.4 Å². The summed E-state index contributed by atoms with van der Waals surface area (Å²) in [5.74, 6) is -1.65. The molecule has 0 bridgehead atoms. The highest BCUT2D eigenvalue weighted by Gasteiger charge is 2.54. The zero-order chi connectivity index (χ0) is 16.5. The van der Waals surface area contributed by atoms with E-state index < -0.39 is 35.9 Å². The van der Waals surface area contributed by atoms with Gasteiger partial charge in [0.2, 0.25) is 12.6 Å². The van der Waals surface area contributed by atoms with Crippen LogP contribution in [0.3, 0.4) is 0 Å². The molecule has 0 aromatic heterocycles. The number of hydrogen-bond donors (Lipinski definition) is 0. The van der Waals surface area contributed by atoms with Crippen LogP contribution in [0, 0.1) is 11.3 Å². The van der Waals surface area contributed by atoms with Crippen molar-refractivity contribution < 1.29 is 28.6 Å². The van der Waals surface area contributed by atoms with Gasteiger partial charge in [-0.15, -0.1) is 0 Å². The second kappa shape index (κ2) is 6.20. The van der Waals surface area contributed by atoms with Crippen LogP contribution < -0.4 is 0 Å². The topological polar surface area (TPSA) is 78.9 Å². The first-order valence-corrected chi connectivity index (χ1v) is 7.45. The molecule has 1 saturated carbocycles. The molecule has 1 aliphatic carbocycles.